The predicted octanol–water partition coefficient (Wildman–Crippen LogP) is 3.05. The summed E-state index contributed by atoms with van der Waals surface area (Å²) in [5.74, 6) is -2.34. The number of hydrogen-bond acceptors (Lipinski definition) is 8. The quantitative estimate of drug-likeness (QED) is 0.263. The minimum Gasteiger partial charge on any atom is -0.466 e. The number of fused-ring (bicyclic) bond motifs is 2. The predicted molar refractivity (Wildman–Crippen MR) is 163 cm³/mol. The zero-order valence-electron chi connectivity index (χ0n) is 24.5. The van der Waals surface area contributed by atoms with E-state index in [1.54, 1.807) is 39.2 Å². The molecule has 2 bridgehead atoms. The minimum atomic E-state index is -0.896. The van der Waals surface area contributed by atoms with Gasteiger partial charge in [0.25, 0.3) is 0 Å². The van der Waals surface area contributed by atoms with Crippen LogP contribution in [0.25, 0.3) is 11.0 Å². The number of esters is 1. The molecule has 6 atom stereocenters. The summed E-state index contributed by atoms with van der Waals surface area (Å²) in [5, 5.41) is 19.3. The Hall–Kier alpha value is -3.70. The molecule has 0 saturated carbocycles. The molecule has 10 nitrogen and oxygen atoms in total. The van der Waals surface area contributed by atoms with Gasteiger partial charge in [0.05, 0.1) is 41.4 Å². The van der Waals surface area contributed by atoms with Crippen molar-refractivity contribution in [2.24, 2.45) is 11.8 Å². The summed E-state index contributed by atoms with van der Waals surface area (Å²) in [6.45, 7) is 7.88. The Morgan fingerprint density at radius 3 is 2.67 bits per heavy atom. The van der Waals surface area contributed by atoms with E-state index in [1.807, 2.05) is 61.5 Å². The summed E-state index contributed by atoms with van der Waals surface area (Å²) in [6, 6.07) is 15.6. The van der Waals surface area contributed by atoms with Crippen molar-refractivity contribution in [3.05, 3.63) is 72.8 Å². The zero-order chi connectivity index (χ0) is 30.4. The Balaban J connectivity index is 1.43. The molecule has 2 amide bonds. The lowest BCUT2D eigenvalue weighted by molar-refractivity contribution is -0.155. The van der Waals surface area contributed by atoms with Crippen molar-refractivity contribution >= 4 is 40.6 Å². The molecule has 3 aliphatic rings. The third-order valence-electron chi connectivity index (χ3n) is 9.29. The number of aromatic nitrogens is 3. The highest BCUT2D eigenvalue weighted by Crippen LogP contribution is 2.71. The molecule has 4 heterocycles. The second kappa shape index (κ2) is 11.4. The molecule has 0 radical (unpaired) electrons. The SMILES string of the molecule is C=CCN(Cn1nnc2ccccc21)C(=O)C1N([C@@H](CO)Cc2ccccc2)C(=O)[C@@H]2[C@H](C(=O)OCC)[C@]3(C)CCC12S3. The van der Waals surface area contributed by atoms with Crippen LogP contribution < -0.4 is 0 Å². The first-order valence-electron chi connectivity index (χ1n) is 14.8. The van der Waals surface area contributed by atoms with E-state index in [1.165, 1.54) is 0 Å². The number of aliphatic hydroxyl groups is 1. The van der Waals surface area contributed by atoms with E-state index in [0.717, 1.165) is 11.1 Å². The van der Waals surface area contributed by atoms with Gasteiger partial charge in [-0.3, -0.25) is 14.4 Å². The number of ether oxygens (including phenoxy) is 1. The summed E-state index contributed by atoms with van der Waals surface area (Å²) in [6.07, 6.45) is 3.31. The van der Waals surface area contributed by atoms with Gasteiger partial charge in [-0.05, 0) is 50.8 Å². The van der Waals surface area contributed by atoms with E-state index in [4.69, 9.17) is 4.74 Å². The number of likely N-dealkylation sites (tertiary alicyclic amines) is 1. The number of rotatable bonds is 11. The van der Waals surface area contributed by atoms with Gasteiger partial charge in [0, 0.05) is 11.3 Å². The number of para-hydroxylation sites is 1. The number of carbonyl (C=O) groups excluding carboxylic acids is 3. The van der Waals surface area contributed by atoms with Crippen LogP contribution in [0.5, 0.6) is 0 Å². The molecule has 0 aliphatic carbocycles. The molecule has 6 rings (SSSR count). The molecule has 3 saturated heterocycles. The molecule has 2 unspecified atom stereocenters. The number of hydrogen-bond donors (Lipinski definition) is 1. The molecule has 3 aliphatic heterocycles. The van der Waals surface area contributed by atoms with Crippen LogP contribution in [-0.4, -0.2) is 89.0 Å². The third kappa shape index (κ3) is 4.73. The monoisotopic (exact) mass is 603 g/mol. The molecule has 3 aromatic rings. The first-order chi connectivity index (χ1) is 20.8. The maximum atomic E-state index is 14.9. The molecule has 3 fully saturated rings. The normalized spacial score (nSPS) is 28.2. The summed E-state index contributed by atoms with van der Waals surface area (Å²) in [4.78, 5) is 46.1. The van der Waals surface area contributed by atoms with E-state index in [0.29, 0.717) is 24.8 Å². The maximum absolute atomic E-state index is 14.9. The van der Waals surface area contributed by atoms with Gasteiger partial charge in [0.15, 0.2) is 0 Å². The zero-order valence-corrected chi connectivity index (χ0v) is 25.3. The highest BCUT2D eigenvalue weighted by Gasteiger charge is 2.78. The second-order valence-corrected chi connectivity index (χ2v) is 13.7. The molecular weight excluding hydrogens is 566 g/mol. The highest BCUT2D eigenvalue weighted by atomic mass is 32.2. The molecule has 43 heavy (non-hydrogen) atoms. The van der Waals surface area contributed by atoms with Crippen LogP contribution in [-0.2, 0) is 32.2 Å². The fourth-order valence-electron chi connectivity index (χ4n) is 7.49. The van der Waals surface area contributed by atoms with Crippen molar-refractivity contribution in [3.8, 4) is 0 Å². The van der Waals surface area contributed by atoms with Gasteiger partial charge in [-0.1, -0.05) is 53.8 Å². The molecule has 11 heteroatoms. The highest BCUT2D eigenvalue weighted by molar-refractivity contribution is 8.02. The molecule has 1 aromatic heterocycles. The number of carbonyl (C=O) groups is 3. The molecule has 1 N–H and O–H groups in total. The number of nitrogens with zero attached hydrogens (tertiary/aromatic N) is 5. The fourth-order valence-corrected chi connectivity index (χ4v) is 9.82. The van der Waals surface area contributed by atoms with Crippen LogP contribution in [0.15, 0.2) is 67.3 Å². The van der Waals surface area contributed by atoms with E-state index < -0.39 is 39.4 Å². The van der Waals surface area contributed by atoms with Crippen LogP contribution in [0.3, 0.4) is 0 Å². The Morgan fingerprint density at radius 1 is 1.21 bits per heavy atom. The van der Waals surface area contributed by atoms with Gasteiger partial charge in [-0.25, -0.2) is 4.68 Å². The van der Waals surface area contributed by atoms with Gasteiger partial charge >= 0.3 is 5.97 Å². The van der Waals surface area contributed by atoms with E-state index in [-0.39, 0.29) is 38.2 Å². The van der Waals surface area contributed by atoms with Crippen molar-refractivity contribution < 1.29 is 24.2 Å². The van der Waals surface area contributed by atoms with E-state index in [9.17, 15) is 19.5 Å². The lowest BCUT2D eigenvalue weighted by Crippen LogP contribution is -2.58. The van der Waals surface area contributed by atoms with Crippen LogP contribution in [0.1, 0.15) is 32.3 Å². The summed E-state index contributed by atoms with van der Waals surface area (Å²) < 4.78 is 5.81. The van der Waals surface area contributed by atoms with Crippen LogP contribution in [0, 0.1) is 11.8 Å². The van der Waals surface area contributed by atoms with Gasteiger partial charge in [-0.2, -0.15) is 0 Å². The largest absolute Gasteiger partial charge is 0.466 e. The van der Waals surface area contributed by atoms with E-state index >= 15 is 0 Å². The second-order valence-electron chi connectivity index (χ2n) is 11.8. The first-order valence-corrected chi connectivity index (χ1v) is 15.6. The topological polar surface area (TPSA) is 118 Å². The maximum Gasteiger partial charge on any atom is 0.311 e. The molecule has 1 spiro atoms. The average Bonchev–Trinajstić information content (AvgIpc) is 3.71. The number of amides is 2. The lowest BCUT2D eigenvalue weighted by Gasteiger charge is -2.39. The molecule has 2 aromatic carbocycles. The Bertz CT molecular complexity index is 1550. The number of benzene rings is 2. The summed E-state index contributed by atoms with van der Waals surface area (Å²) in [5.41, 5.74) is 2.43. The van der Waals surface area contributed by atoms with Gasteiger partial charge in [0.2, 0.25) is 11.8 Å². The van der Waals surface area contributed by atoms with Gasteiger partial charge in [0.1, 0.15) is 18.2 Å². The van der Waals surface area contributed by atoms with Gasteiger partial charge in [-0.15, -0.1) is 23.4 Å². The minimum absolute atomic E-state index is 0.108. The smallest absolute Gasteiger partial charge is 0.311 e. The Morgan fingerprint density at radius 2 is 1.95 bits per heavy atom. The molecular formula is C32H37N5O5S. The molecule has 226 valence electrons. The number of thioether (sulfide) groups is 1. The third-order valence-corrected chi connectivity index (χ3v) is 11.3. The van der Waals surface area contributed by atoms with Crippen LogP contribution in [0.4, 0.5) is 0 Å². The summed E-state index contributed by atoms with van der Waals surface area (Å²) in [7, 11) is 0. The first kappa shape index (κ1) is 29.4. The Kier molecular flexibility index (Phi) is 7.80. The fraction of sp³-hybridized carbons (Fsp3) is 0.469. The van der Waals surface area contributed by atoms with Crippen molar-refractivity contribution in [2.75, 3.05) is 19.8 Å². The van der Waals surface area contributed by atoms with E-state index in [2.05, 4.69) is 16.9 Å². The van der Waals surface area contributed by atoms with Gasteiger partial charge < -0.3 is 19.6 Å². The van der Waals surface area contributed by atoms with Crippen molar-refractivity contribution in [2.45, 2.75) is 61.4 Å². The Labute approximate surface area is 255 Å². The summed E-state index contributed by atoms with van der Waals surface area (Å²) >= 11 is 1.59. The number of aliphatic hydroxyl groups excluding tert-OH is 1. The lowest BCUT2D eigenvalue weighted by atomic mass is 9.66. The standard InChI is InChI=1S/C32H37N5O5S/c1-4-17-35(20-36-24-14-10-9-13-23(24)33-34-36)29(40)27-32-16-15-31(3,43-32)26(30(41)42-5-2)25(32)28(39)37(27)22(19-38)18-21-11-7-6-8-12-21/h4,6-14,22,25-27,38H,1,5,15-20H2,2-3H3/t22-,25+,26-,27?,31+,32?/m1/s1. The van der Waals surface area contributed by atoms with Crippen LogP contribution in [0.2, 0.25) is 0 Å². The average molecular weight is 604 g/mol. The van der Waals surface area contributed by atoms with Crippen molar-refractivity contribution in [1.82, 2.24) is 24.8 Å². The van der Waals surface area contributed by atoms with Crippen molar-refractivity contribution in [1.29, 1.82) is 0 Å². The van der Waals surface area contributed by atoms with Crippen LogP contribution >= 0.6 is 11.8 Å². The van der Waals surface area contributed by atoms with Crippen molar-refractivity contribution in [3.63, 3.8) is 0 Å².